The van der Waals surface area contributed by atoms with Crippen molar-refractivity contribution in [3.8, 4) is 11.5 Å². The topological polar surface area (TPSA) is 51.1 Å². The minimum Gasteiger partial charge on any atom is -0.497 e. The molecule has 2 aliphatic heterocycles. The number of fused-ring (bicyclic) bond motifs is 1. The Morgan fingerprint density at radius 3 is 2.59 bits per heavy atom. The molecule has 0 N–H and O–H groups in total. The Labute approximate surface area is 178 Å². The van der Waals surface area contributed by atoms with Crippen LogP contribution >= 0.6 is 12.4 Å². The van der Waals surface area contributed by atoms with Crippen LogP contribution in [-0.4, -0.2) is 50.4 Å². The van der Waals surface area contributed by atoms with Crippen molar-refractivity contribution < 1.29 is 14.3 Å². The third-order valence-corrected chi connectivity index (χ3v) is 5.64. The first kappa shape index (κ1) is 21.3. The summed E-state index contributed by atoms with van der Waals surface area (Å²) < 4.78 is 11.4. The molecule has 2 aromatic rings. The van der Waals surface area contributed by atoms with Crippen molar-refractivity contribution in [3.05, 3.63) is 59.2 Å². The summed E-state index contributed by atoms with van der Waals surface area (Å²) in [5, 5.41) is 0. The van der Waals surface area contributed by atoms with E-state index in [1.54, 1.807) is 13.3 Å². The molecule has 1 amide bonds. The van der Waals surface area contributed by atoms with Gasteiger partial charge in [-0.3, -0.25) is 4.79 Å². The molecule has 2 aliphatic rings. The van der Waals surface area contributed by atoms with Crippen LogP contribution in [-0.2, 0) is 0 Å². The fourth-order valence-electron chi connectivity index (χ4n) is 4.18. The number of hydrogen-bond donors (Lipinski definition) is 0. The van der Waals surface area contributed by atoms with E-state index >= 15 is 0 Å². The number of rotatable bonds is 7. The lowest BCUT2D eigenvalue weighted by Crippen LogP contribution is -2.23. The fraction of sp³-hybridized carbons (Fsp3) is 0.391. The normalized spacial score (nSPS) is 20.4. The molecular weight excluding hydrogens is 388 g/mol. The fourth-order valence-corrected chi connectivity index (χ4v) is 4.18. The van der Waals surface area contributed by atoms with Gasteiger partial charge in [-0.15, -0.1) is 12.4 Å². The maximum atomic E-state index is 11.8. The quantitative estimate of drug-likeness (QED) is 0.681. The Bertz CT molecular complexity index is 882. The van der Waals surface area contributed by atoms with Crippen LogP contribution in [0.15, 0.2) is 47.5 Å². The number of carbonyl (C=O) groups is 1. The summed E-state index contributed by atoms with van der Waals surface area (Å²) in [6.45, 7) is 6.02. The molecule has 154 valence electrons. The molecule has 0 aromatic heterocycles. The van der Waals surface area contributed by atoms with E-state index in [0.29, 0.717) is 24.0 Å². The van der Waals surface area contributed by atoms with Gasteiger partial charge in [0, 0.05) is 36.7 Å². The summed E-state index contributed by atoms with van der Waals surface area (Å²) in [4.78, 5) is 18.2. The molecule has 4 rings (SSSR count). The van der Waals surface area contributed by atoms with Crippen LogP contribution in [0.4, 0.5) is 0 Å². The molecule has 0 radical (unpaired) electrons. The minimum atomic E-state index is -0.188. The first-order valence-corrected chi connectivity index (χ1v) is 9.89. The Morgan fingerprint density at radius 2 is 1.86 bits per heavy atom. The third kappa shape index (κ3) is 4.62. The predicted octanol–water partition coefficient (Wildman–Crippen LogP) is 4.19. The van der Waals surface area contributed by atoms with E-state index in [9.17, 15) is 4.79 Å². The highest BCUT2D eigenvalue weighted by molar-refractivity contribution is 6.13. The lowest BCUT2D eigenvalue weighted by Gasteiger charge is -2.20. The molecule has 2 atom stereocenters. The van der Waals surface area contributed by atoms with Gasteiger partial charge in [0.05, 0.1) is 19.3 Å². The monoisotopic (exact) mass is 414 g/mol. The maximum absolute atomic E-state index is 11.8. The van der Waals surface area contributed by atoms with Crippen molar-refractivity contribution in [1.82, 2.24) is 4.90 Å². The van der Waals surface area contributed by atoms with Gasteiger partial charge in [-0.2, -0.15) is 0 Å². The van der Waals surface area contributed by atoms with Crippen LogP contribution in [0.3, 0.4) is 0 Å². The molecule has 6 heteroatoms. The highest BCUT2D eigenvalue weighted by Crippen LogP contribution is 2.34. The molecule has 2 heterocycles. The maximum Gasteiger partial charge on any atom is 0.277 e. The zero-order chi connectivity index (χ0) is 19.5. The summed E-state index contributed by atoms with van der Waals surface area (Å²) in [6.07, 6.45) is 2.76. The van der Waals surface area contributed by atoms with Gasteiger partial charge in [0.1, 0.15) is 11.5 Å². The van der Waals surface area contributed by atoms with Crippen LogP contribution in [0.5, 0.6) is 11.5 Å². The second-order valence-corrected chi connectivity index (χ2v) is 7.52. The molecule has 0 bridgehead atoms. The molecule has 1 saturated heterocycles. The molecule has 1 fully saturated rings. The second kappa shape index (κ2) is 9.42. The van der Waals surface area contributed by atoms with E-state index in [4.69, 9.17) is 9.47 Å². The Morgan fingerprint density at radius 1 is 1.10 bits per heavy atom. The Kier molecular flexibility index (Phi) is 6.93. The molecule has 2 aromatic carbocycles. The number of ether oxygens (including phenoxy) is 2. The van der Waals surface area contributed by atoms with Crippen LogP contribution in [0.1, 0.15) is 40.7 Å². The molecule has 0 aliphatic carbocycles. The van der Waals surface area contributed by atoms with E-state index in [2.05, 4.69) is 28.9 Å². The van der Waals surface area contributed by atoms with Crippen LogP contribution in [0, 0.1) is 5.92 Å². The number of halogens is 1. The lowest BCUT2D eigenvalue weighted by molar-refractivity contribution is 0.101. The molecule has 29 heavy (non-hydrogen) atoms. The highest BCUT2D eigenvalue weighted by Gasteiger charge is 2.34. The first-order valence-electron chi connectivity index (χ1n) is 9.89. The van der Waals surface area contributed by atoms with Crippen molar-refractivity contribution in [2.45, 2.75) is 19.3 Å². The van der Waals surface area contributed by atoms with Gasteiger partial charge in [-0.05, 0) is 48.9 Å². The van der Waals surface area contributed by atoms with E-state index in [1.165, 1.54) is 5.56 Å². The van der Waals surface area contributed by atoms with Crippen molar-refractivity contribution in [1.29, 1.82) is 0 Å². The number of amides is 1. The molecule has 0 saturated carbocycles. The second-order valence-electron chi connectivity index (χ2n) is 7.52. The van der Waals surface area contributed by atoms with Gasteiger partial charge in [-0.1, -0.05) is 19.1 Å². The number of methoxy groups -OCH3 is 1. The number of carbonyl (C=O) groups excluding carboxylic acids is 1. The first-order chi connectivity index (χ1) is 13.7. The van der Waals surface area contributed by atoms with E-state index in [1.807, 2.05) is 30.3 Å². The summed E-state index contributed by atoms with van der Waals surface area (Å²) in [5.41, 5.74) is 2.82. The van der Waals surface area contributed by atoms with Gasteiger partial charge < -0.3 is 14.4 Å². The Balaban J connectivity index is 0.00000240. The lowest BCUT2D eigenvalue weighted by atomic mass is 9.89. The predicted molar refractivity (Wildman–Crippen MR) is 117 cm³/mol. The molecular formula is C23H27ClN2O3. The number of hydrogen-bond acceptors (Lipinski definition) is 4. The average Bonchev–Trinajstić information content (AvgIpc) is 3.30. The summed E-state index contributed by atoms with van der Waals surface area (Å²) in [5.74, 6) is 2.26. The van der Waals surface area contributed by atoms with Crippen molar-refractivity contribution in [2.24, 2.45) is 10.9 Å². The van der Waals surface area contributed by atoms with E-state index in [-0.39, 0.29) is 18.3 Å². The van der Waals surface area contributed by atoms with Crippen molar-refractivity contribution in [3.63, 3.8) is 0 Å². The van der Waals surface area contributed by atoms with E-state index < -0.39 is 0 Å². The molecule has 0 spiro atoms. The van der Waals surface area contributed by atoms with Crippen LogP contribution < -0.4 is 9.47 Å². The minimum absolute atomic E-state index is 0. The molecule has 0 unspecified atom stereocenters. The zero-order valence-electron chi connectivity index (χ0n) is 16.8. The van der Waals surface area contributed by atoms with Crippen molar-refractivity contribution >= 4 is 24.5 Å². The third-order valence-electron chi connectivity index (χ3n) is 5.64. The smallest absolute Gasteiger partial charge is 0.277 e. The van der Waals surface area contributed by atoms with Crippen molar-refractivity contribution in [2.75, 3.05) is 33.4 Å². The largest absolute Gasteiger partial charge is 0.497 e. The number of benzene rings is 2. The summed E-state index contributed by atoms with van der Waals surface area (Å²) >= 11 is 0. The number of likely N-dealkylation sites (tertiary alicyclic amines) is 1. The number of nitrogens with zero attached hydrogens (tertiary/aromatic N) is 2. The van der Waals surface area contributed by atoms with Gasteiger partial charge in [-0.25, -0.2) is 4.99 Å². The highest BCUT2D eigenvalue weighted by atomic mass is 35.5. The Hall–Kier alpha value is -2.37. The molecule has 5 nitrogen and oxygen atoms in total. The van der Waals surface area contributed by atoms with Gasteiger partial charge in [0.15, 0.2) is 0 Å². The standard InChI is InChI=1S/C23H26N2O3.ClH/c1-3-10-25-13-18(22(14-25)16-4-7-19(27-2)8-5-16)15-28-20-9-6-17-12-24-23(26)21(17)11-20;/h4-9,11-12,18,22H,3,10,13-15H2,1-2H3;1H/t18-,22-;/m0./s1. The van der Waals surface area contributed by atoms with Gasteiger partial charge in [0.25, 0.3) is 5.91 Å². The SMILES string of the molecule is CCCN1C[C@@H](COc2ccc3c(c2)C(=O)N=C3)[C@H](c2ccc(OC)cc2)C1.Cl. The van der Waals surface area contributed by atoms with Gasteiger partial charge in [0.2, 0.25) is 0 Å². The van der Waals surface area contributed by atoms with E-state index in [0.717, 1.165) is 43.1 Å². The van der Waals surface area contributed by atoms with Gasteiger partial charge >= 0.3 is 0 Å². The van der Waals surface area contributed by atoms with Crippen LogP contribution in [0.2, 0.25) is 0 Å². The number of aliphatic imine (C=N–C) groups is 1. The summed E-state index contributed by atoms with van der Waals surface area (Å²) in [6, 6.07) is 14.0. The zero-order valence-corrected chi connectivity index (χ0v) is 17.7. The summed E-state index contributed by atoms with van der Waals surface area (Å²) in [7, 11) is 1.69. The average molecular weight is 415 g/mol. The van der Waals surface area contributed by atoms with Crippen LogP contribution in [0.25, 0.3) is 0 Å².